The van der Waals surface area contributed by atoms with Crippen LogP contribution in [0.15, 0.2) is 29.0 Å². The van der Waals surface area contributed by atoms with E-state index in [-0.39, 0.29) is 0 Å². The minimum Gasteiger partial charge on any atom is -0.496 e. The van der Waals surface area contributed by atoms with Gasteiger partial charge in [-0.05, 0) is 12.1 Å². The van der Waals surface area contributed by atoms with Crippen LogP contribution in [0.2, 0.25) is 0 Å². The molecule has 0 N–H and O–H groups in total. The Balaban J connectivity index is 2.79. The summed E-state index contributed by atoms with van der Waals surface area (Å²) >= 11 is 0. The van der Waals surface area contributed by atoms with E-state index in [0.29, 0.717) is 0 Å². The number of benzene rings is 1. The molecule has 0 radical (unpaired) electrons. The third-order valence-electron chi connectivity index (χ3n) is 1.58. The van der Waals surface area contributed by atoms with Crippen molar-refractivity contribution in [1.82, 2.24) is 5.16 Å². The molecule has 0 spiro atoms. The Morgan fingerprint density at radius 1 is 1.45 bits per heavy atom. The van der Waals surface area contributed by atoms with Crippen molar-refractivity contribution in [3.05, 3.63) is 24.5 Å². The summed E-state index contributed by atoms with van der Waals surface area (Å²) in [6.45, 7) is 0. The molecule has 0 aliphatic carbocycles. The average molecular weight is 149 g/mol. The van der Waals surface area contributed by atoms with Gasteiger partial charge in [0.1, 0.15) is 17.5 Å². The van der Waals surface area contributed by atoms with Gasteiger partial charge in [0.25, 0.3) is 0 Å². The van der Waals surface area contributed by atoms with Gasteiger partial charge in [-0.25, -0.2) is 0 Å². The molecule has 3 nitrogen and oxygen atoms in total. The molecule has 0 aliphatic rings. The van der Waals surface area contributed by atoms with Gasteiger partial charge in [-0.2, -0.15) is 0 Å². The van der Waals surface area contributed by atoms with E-state index in [1.54, 1.807) is 13.4 Å². The Hall–Kier alpha value is -1.51. The predicted octanol–water partition coefficient (Wildman–Crippen LogP) is 1.84. The van der Waals surface area contributed by atoms with Crippen molar-refractivity contribution in [2.45, 2.75) is 0 Å². The lowest BCUT2D eigenvalue weighted by Crippen LogP contribution is -1.81. The second-order valence-electron chi connectivity index (χ2n) is 2.21. The van der Waals surface area contributed by atoms with Crippen LogP contribution < -0.4 is 4.74 Å². The van der Waals surface area contributed by atoms with Gasteiger partial charge in [-0.3, -0.25) is 0 Å². The Labute approximate surface area is 63.6 Å². The summed E-state index contributed by atoms with van der Waals surface area (Å²) < 4.78 is 9.86. The number of ether oxygens (including phenoxy) is 1. The van der Waals surface area contributed by atoms with Gasteiger partial charge in [0, 0.05) is 0 Å². The number of rotatable bonds is 1. The van der Waals surface area contributed by atoms with E-state index in [4.69, 9.17) is 9.26 Å². The molecule has 3 heteroatoms. The summed E-state index contributed by atoms with van der Waals surface area (Å²) in [6, 6.07) is 5.63. The lowest BCUT2D eigenvalue weighted by molar-refractivity contribution is 0.415. The zero-order valence-electron chi connectivity index (χ0n) is 6.07. The summed E-state index contributed by atoms with van der Waals surface area (Å²) in [7, 11) is 1.63. The fourth-order valence-electron chi connectivity index (χ4n) is 1.04. The Kier molecular flexibility index (Phi) is 1.28. The van der Waals surface area contributed by atoms with Crippen molar-refractivity contribution in [2.75, 3.05) is 7.11 Å². The topological polar surface area (TPSA) is 35.3 Å². The minimum absolute atomic E-state index is 0.795. The van der Waals surface area contributed by atoms with E-state index in [2.05, 4.69) is 5.16 Å². The number of nitrogens with zero attached hydrogens (tertiary/aromatic N) is 1. The minimum atomic E-state index is 0.795. The maximum atomic E-state index is 5.09. The molecule has 0 saturated heterocycles. The molecule has 1 aromatic heterocycles. The summed E-state index contributed by atoms with van der Waals surface area (Å²) in [4.78, 5) is 0. The monoisotopic (exact) mass is 149 g/mol. The number of fused-ring (bicyclic) bond motifs is 1. The standard InChI is InChI=1S/C8H7NO2/c1-10-8-4-2-3-7-6(8)5-11-9-7/h2-5H,1H3. The Morgan fingerprint density at radius 2 is 2.36 bits per heavy atom. The van der Waals surface area contributed by atoms with Crippen LogP contribution in [-0.4, -0.2) is 12.3 Å². The molecule has 0 fully saturated rings. The molecule has 0 bridgehead atoms. The summed E-state index contributed by atoms with van der Waals surface area (Å²) in [5, 5.41) is 4.68. The zero-order valence-corrected chi connectivity index (χ0v) is 6.07. The molecular formula is C8H7NO2. The fourth-order valence-corrected chi connectivity index (χ4v) is 1.04. The van der Waals surface area contributed by atoms with Crippen LogP contribution >= 0.6 is 0 Å². The van der Waals surface area contributed by atoms with Crippen molar-refractivity contribution in [3.8, 4) is 5.75 Å². The molecule has 2 aromatic rings. The third-order valence-corrected chi connectivity index (χ3v) is 1.58. The van der Waals surface area contributed by atoms with E-state index in [9.17, 15) is 0 Å². The van der Waals surface area contributed by atoms with E-state index >= 15 is 0 Å². The van der Waals surface area contributed by atoms with Crippen molar-refractivity contribution < 1.29 is 9.26 Å². The lowest BCUT2D eigenvalue weighted by Gasteiger charge is -1.97. The first kappa shape index (κ1) is 6.22. The third kappa shape index (κ3) is 0.852. The van der Waals surface area contributed by atoms with Gasteiger partial charge in [0.05, 0.1) is 12.5 Å². The van der Waals surface area contributed by atoms with Crippen LogP contribution in [0.25, 0.3) is 10.9 Å². The van der Waals surface area contributed by atoms with Crippen molar-refractivity contribution in [2.24, 2.45) is 0 Å². The molecule has 0 unspecified atom stereocenters. The van der Waals surface area contributed by atoms with E-state index < -0.39 is 0 Å². The fraction of sp³-hybridized carbons (Fsp3) is 0.125. The van der Waals surface area contributed by atoms with Crippen LogP contribution in [0.3, 0.4) is 0 Å². The molecule has 1 heterocycles. The first-order valence-corrected chi connectivity index (χ1v) is 3.29. The predicted molar refractivity (Wildman–Crippen MR) is 40.6 cm³/mol. The molecule has 2 rings (SSSR count). The number of methoxy groups -OCH3 is 1. The molecule has 0 saturated carbocycles. The zero-order chi connectivity index (χ0) is 7.68. The second kappa shape index (κ2) is 2.27. The highest BCUT2D eigenvalue weighted by atomic mass is 16.5. The summed E-state index contributed by atoms with van der Waals surface area (Å²) in [5.41, 5.74) is 0.823. The van der Waals surface area contributed by atoms with Crippen molar-refractivity contribution in [3.63, 3.8) is 0 Å². The van der Waals surface area contributed by atoms with Gasteiger partial charge in [-0.15, -0.1) is 0 Å². The SMILES string of the molecule is COc1cccc2nocc12. The van der Waals surface area contributed by atoms with Gasteiger partial charge in [0.15, 0.2) is 0 Å². The first-order valence-electron chi connectivity index (χ1n) is 3.29. The molecule has 1 aromatic carbocycles. The molecule has 11 heavy (non-hydrogen) atoms. The van der Waals surface area contributed by atoms with E-state index in [1.807, 2.05) is 18.2 Å². The number of hydrogen-bond donors (Lipinski definition) is 0. The van der Waals surface area contributed by atoms with E-state index in [1.165, 1.54) is 0 Å². The van der Waals surface area contributed by atoms with Crippen LogP contribution in [0.4, 0.5) is 0 Å². The first-order chi connectivity index (χ1) is 5.42. The normalized spacial score (nSPS) is 10.3. The van der Waals surface area contributed by atoms with Gasteiger partial charge in [0.2, 0.25) is 0 Å². The number of aromatic nitrogens is 1. The van der Waals surface area contributed by atoms with Gasteiger partial charge in [-0.1, -0.05) is 11.2 Å². The smallest absolute Gasteiger partial charge is 0.135 e. The van der Waals surface area contributed by atoms with Gasteiger partial charge >= 0.3 is 0 Å². The number of hydrogen-bond acceptors (Lipinski definition) is 3. The Morgan fingerprint density at radius 3 is 3.18 bits per heavy atom. The van der Waals surface area contributed by atoms with Crippen molar-refractivity contribution in [1.29, 1.82) is 0 Å². The molecule has 56 valence electrons. The highest BCUT2D eigenvalue weighted by Crippen LogP contribution is 2.23. The maximum absolute atomic E-state index is 5.09. The average Bonchev–Trinajstić information content (AvgIpc) is 2.50. The quantitative estimate of drug-likeness (QED) is 0.620. The highest BCUT2D eigenvalue weighted by molar-refractivity contribution is 5.83. The molecule has 0 aliphatic heterocycles. The largest absolute Gasteiger partial charge is 0.496 e. The van der Waals surface area contributed by atoms with E-state index in [0.717, 1.165) is 16.7 Å². The van der Waals surface area contributed by atoms with Crippen LogP contribution in [0.5, 0.6) is 5.75 Å². The highest BCUT2D eigenvalue weighted by Gasteiger charge is 2.02. The van der Waals surface area contributed by atoms with Crippen molar-refractivity contribution >= 4 is 10.9 Å². The second-order valence-corrected chi connectivity index (χ2v) is 2.21. The lowest BCUT2D eigenvalue weighted by atomic mass is 10.2. The Bertz CT molecular complexity index is 367. The van der Waals surface area contributed by atoms with Crippen LogP contribution in [0.1, 0.15) is 0 Å². The molecular weight excluding hydrogens is 142 g/mol. The summed E-state index contributed by atoms with van der Waals surface area (Å²) in [6.07, 6.45) is 1.58. The molecule has 0 atom stereocenters. The summed E-state index contributed by atoms with van der Waals surface area (Å²) in [5.74, 6) is 0.795. The van der Waals surface area contributed by atoms with Gasteiger partial charge < -0.3 is 9.26 Å². The molecule has 0 amide bonds. The maximum Gasteiger partial charge on any atom is 0.135 e. The van der Waals surface area contributed by atoms with Crippen LogP contribution in [0, 0.1) is 0 Å². The van der Waals surface area contributed by atoms with Crippen LogP contribution in [-0.2, 0) is 0 Å².